The number of nitrogens with one attached hydrogen (secondary N) is 1. The molecule has 0 saturated carbocycles. The number of carbonyl (C=O) groups excluding carboxylic acids is 1. The lowest BCUT2D eigenvalue weighted by Gasteiger charge is -2.08. The predicted octanol–water partition coefficient (Wildman–Crippen LogP) is 2.33. The van der Waals surface area contributed by atoms with E-state index in [-0.39, 0.29) is 18.3 Å². The lowest BCUT2D eigenvalue weighted by Crippen LogP contribution is -2.12. The van der Waals surface area contributed by atoms with Crippen LogP contribution in [0, 0.1) is 6.92 Å². The van der Waals surface area contributed by atoms with Crippen molar-refractivity contribution in [3.8, 4) is 0 Å². The van der Waals surface area contributed by atoms with Crippen LogP contribution < -0.4 is 5.32 Å². The molecule has 0 bridgehead atoms. The smallest absolute Gasteiger partial charge is 0.291 e. The van der Waals surface area contributed by atoms with Crippen LogP contribution in [0.5, 0.6) is 0 Å². The number of carbonyl (C=O) groups is 1. The molecular weight excluding hydrogens is 218 g/mol. The summed E-state index contributed by atoms with van der Waals surface area (Å²) in [4.78, 5) is 11.8. The maximum atomic E-state index is 11.8. The van der Waals surface area contributed by atoms with Crippen molar-refractivity contribution in [3.05, 3.63) is 53.5 Å². The van der Waals surface area contributed by atoms with Crippen LogP contribution in [0.15, 0.2) is 41.0 Å². The Morgan fingerprint density at radius 3 is 2.88 bits per heavy atom. The van der Waals surface area contributed by atoms with Crippen molar-refractivity contribution in [3.63, 3.8) is 0 Å². The van der Waals surface area contributed by atoms with E-state index < -0.39 is 0 Å². The van der Waals surface area contributed by atoms with E-state index in [2.05, 4.69) is 5.32 Å². The van der Waals surface area contributed by atoms with Gasteiger partial charge in [-0.05, 0) is 36.2 Å². The Hall–Kier alpha value is -2.07. The number of aryl methyl sites for hydroxylation is 1. The molecule has 88 valence electrons. The minimum Gasteiger partial charge on any atom is -0.459 e. The Kier molecular flexibility index (Phi) is 3.25. The maximum Gasteiger partial charge on any atom is 0.291 e. The van der Waals surface area contributed by atoms with Crippen molar-refractivity contribution in [1.29, 1.82) is 0 Å². The summed E-state index contributed by atoms with van der Waals surface area (Å²) in [7, 11) is 0. The lowest BCUT2D eigenvalue weighted by atomic mass is 10.1. The summed E-state index contributed by atoms with van der Waals surface area (Å²) in [6, 6.07) is 8.67. The predicted molar refractivity (Wildman–Crippen MR) is 63.8 cm³/mol. The third kappa shape index (κ3) is 2.54. The number of aliphatic hydroxyl groups excluding tert-OH is 1. The summed E-state index contributed by atoms with van der Waals surface area (Å²) in [5.41, 5.74) is 2.37. The quantitative estimate of drug-likeness (QED) is 0.852. The molecule has 1 amide bonds. The number of hydrogen-bond acceptors (Lipinski definition) is 3. The number of furan rings is 1. The second-order valence-corrected chi connectivity index (χ2v) is 3.74. The van der Waals surface area contributed by atoms with Crippen molar-refractivity contribution in [1.82, 2.24) is 0 Å². The number of hydrogen-bond donors (Lipinski definition) is 2. The van der Waals surface area contributed by atoms with Gasteiger partial charge >= 0.3 is 0 Å². The summed E-state index contributed by atoms with van der Waals surface area (Å²) in [6.07, 6.45) is 1.45. The topological polar surface area (TPSA) is 62.5 Å². The highest BCUT2D eigenvalue weighted by atomic mass is 16.3. The largest absolute Gasteiger partial charge is 0.459 e. The molecule has 0 atom stereocenters. The van der Waals surface area contributed by atoms with Crippen LogP contribution in [-0.4, -0.2) is 11.0 Å². The zero-order valence-corrected chi connectivity index (χ0v) is 9.43. The van der Waals surface area contributed by atoms with Gasteiger partial charge in [-0.15, -0.1) is 0 Å². The van der Waals surface area contributed by atoms with Crippen LogP contribution in [0.25, 0.3) is 0 Å². The zero-order valence-electron chi connectivity index (χ0n) is 9.43. The van der Waals surface area contributed by atoms with Crippen molar-refractivity contribution in [2.24, 2.45) is 0 Å². The summed E-state index contributed by atoms with van der Waals surface area (Å²) >= 11 is 0. The first-order valence-corrected chi connectivity index (χ1v) is 5.26. The Labute approximate surface area is 98.9 Å². The third-order valence-electron chi connectivity index (χ3n) is 2.48. The van der Waals surface area contributed by atoms with Gasteiger partial charge < -0.3 is 14.8 Å². The van der Waals surface area contributed by atoms with Gasteiger partial charge in [0.15, 0.2) is 5.76 Å². The second-order valence-electron chi connectivity index (χ2n) is 3.74. The molecule has 0 fully saturated rings. The molecule has 0 saturated heterocycles. The second kappa shape index (κ2) is 4.84. The highest BCUT2D eigenvalue weighted by molar-refractivity contribution is 6.02. The van der Waals surface area contributed by atoms with E-state index in [0.29, 0.717) is 5.69 Å². The van der Waals surface area contributed by atoms with E-state index in [4.69, 9.17) is 9.52 Å². The monoisotopic (exact) mass is 231 g/mol. The van der Waals surface area contributed by atoms with Gasteiger partial charge in [0.2, 0.25) is 0 Å². The van der Waals surface area contributed by atoms with Crippen LogP contribution >= 0.6 is 0 Å². The number of amides is 1. The first-order chi connectivity index (χ1) is 8.20. The number of rotatable bonds is 3. The Balaban J connectivity index is 2.21. The highest BCUT2D eigenvalue weighted by Crippen LogP contribution is 2.18. The molecule has 2 N–H and O–H groups in total. The van der Waals surface area contributed by atoms with E-state index in [1.165, 1.54) is 6.26 Å². The molecule has 1 heterocycles. The van der Waals surface area contributed by atoms with E-state index in [9.17, 15) is 4.79 Å². The fraction of sp³-hybridized carbons (Fsp3) is 0.154. The van der Waals surface area contributed by atoms with Crippen LogP contribution in [0.4, 0.5) is 5.69 Å². The van der Waals surface area contributed by atoms with Crippen molar-refractivity contribution < 1.29 is 14.3 Å². The average Bonchev–Trinajstić information content (AvgIpc) is 2.85. The van der Waals surface area contributed by atoms with Crippen LogP contribution in [0.2, 0.25) is 0 Å². The Bertz CT molecular complexity index is 517. The van der Waals surface area contributed by atoms with Gasteiger partial charge in [-0.3, -0.25) is 4.79 Å². The molecule has 4 nitrogen and oxygen atoms in total. The molecule has 2 aromatic rings. The molecule has 0 aliphatic heterocycles. The number of aliphatic hydroxyl groups is 1. The fourth-order valence-corrected chi connectivity index (χ4v) is 1.49. The van der Waals surface area contributed by atoms with Crippen molar-refractivity contribution in [2.45, 2.75) is 13.5 Å². The van der Waals surface area contributed by atoms with Crippen molar-refractivity contribution in [2.75, 3.05) is 5.32 Å². The molecule has 0 unspecified atom stereocenters. The standard InChI is InChI=1S/C13H13NO3/c1-9-4-5-10(8-15)7-11(9)14-13(16)12-3-2-6-17-12/h2-7,15H,8H2,1H3,(H,14,16). The summed E-state index contributed by atoms with van der Waals surface area (Å²) in [5, 5.41) is 11.8. The lowest BCUT2D eigenvalue weighted by molar-refractivity contribution is 0.0996. The van der Waals surface area contributed by atoms with Gasteiger partial charge in [0.1, 0.15) is 0 Å². The van der Waals surface area contributed by atoms with Crippen LogP contribution in [0.1, 0.15) is 21.7 Å². The van der Waals surface area contributed by atoms with Gasteiger partial charge in [-0.2, -0.15) is 0 Å². The van der Waals surface area contributed by atoms with E-state index >= 15 is 0 Å². The van der Waals surface area contributed by atoms with Gasteiger partial charge in [0, 0.05) is 5.69 Å². The summed E-state index contributed by atoms with van der Waals surface area (Å²) < 4.78 is 5.00. The first-order valence-electron chi connectivity index (χ1n) is 5.26. The highest BCUT2D eigenvalue weighted by Gasteiger charge is 2.10. The Morgan fingerprint density at radius 1 is 1.41 bits per heavy atom. The van der Waals surface area contributed by atoms with Gasteiger partial charge in [-0.1, -0.05) is 12.1 Å². The zero-order chi connectivity index (χ0) is 12.3. The maximum absolute atomic E-state index is 11.8. The van der Waals surface area contributed by atoms with Gasteiger partial charge in [0.25, 0.3) is 5.91 Å². The molecule has 4 heteroatoms. The molecule has 0 aliphatic carbocycles. The number of anilines is 1. The first kappa shape index (κ1) is 11.4. The van der Waals surface area contributed by atoms with E-state index in [1.54, 1.807) is 18.2 Å². The number of benzene rings is 1. The molecule has 2 rings (SSSR count). The molecule has 0 aliphatic rings. The third-order valence-corrected chi connectivity index (χ3v) is 2.48. The van der Waals surface area contributed by atoms with Crippen LogP contribution in [-0.2, 0) is 6.61 Å². The van der Waals surface area contributed by atoms with Gasteiger partial charge in [-0.25, -0.2) is 0 Å². The van der Waals surface area contributed by atoms with E-state index in [0.717, 1.165) is 11.1 Å². The molecule has 1 aromatic carbocycles. The fourth-order valence-electron chi connectivity index (χ4n) is 1.49. The van der Waals surface area contributed by atoms with Gasteiger partial charge in [0.05, 0.1) is 12.9 Å². The molecule has 1 aromatic heterocycles. The average molecular weight is 231 g/mol. The minimum absolute atomic E-state index is 0.0517. The SMILES string of the molecule is Cc1ccc(CO)cc1NC(=O)c1ccco1. The Morgan fingerprint density at radius 2 is 2.24 bits per heavy atom. The molecule has 17 heavy (non-hydrogen) atoms. The van der Waals surface area contributed by atoms with E-state index in [1.807, 2.05) is 19.1 Å². The molecular formula is C13H13NO3. The normalized spacial score (nSPS) is 10.2. The minimum atomic E-state index is -0.298. The van der Waals surface area contributed by atoms with Crippen LogP contribution in [0.3, 0.4) is 0 Å². The molecule has 0 radical (unpaired) electrons. The van der Waals surface area contributed by atoms with Crippen molar-refractivity contribution >= 4 is 11.6 Å². The summed E-state index contributed by atoms with van der Waals surface area (Å²) in [5.74, 6) is -0.0352. The molecule has 0 spiro atoms. The summed E-state index contributed by atoms with van der Waals surface area (Å²) in [6.45, 7) is 1.84.